The van der Waals surface area contributed by atoms with Gasteiger partial charge in [0.15, 0.2) is 34.3 Å². The molecule has 2 aromatic rings. The van der Waals surface area contributed by atoms with Gasteiger partial charge in [0, 0.05) is 51.0 Å². The lowest BCUT2D eigenvalue weighted by molar-refractivity contribution is 0.163. The number of nitrogens with zero attached hydrogens (tertiary/aromatic N) is 4. The molecule has 0 aliphatic carbocycles. The van der Waals surface area contributed by atoms with Crippen LogP contribution in [-0.2, 0) is 17.5 Å². The molecule has 0 amide bonds. The quantitative estimate of drug-likeness (QED) is 0.562. The molecule has 1 aromatic heterocycles. The summed E-state index contributed by atoms with van der Waals surface area (Å²) in [5.41, 5.74) is 1.73. The maximum Gasteiger partial charge on any atom is 0.172 e. The molecule has 0 radical (unpaired) electrons. The summed E-state index contributed by atoms with van der Waals surface area (Å²) in [4.78, 5) is 14.0. The smallest absolute Gasteiger partial charge is 0.172 e. The number of fused-ring (bicyclic) bond motifs is 1. The van der Waals surface area contributed by atoms with Crippen molar-refractivity contribution in [3.05, 3.63) is 41.2 Å². The van der Waals surface area contributed by atoms with Gasteiger partial charge in [-0.3, -0.25) is 4.90 Å². The molecule has 34 heavy (non-hydrogen) atoms. The first-order chi connectivity index (χ1) is 16.2. The average Bonchev–Trinajstić information content (AvgIpc) is 2.78. The number of halogens is 2. The molecular formula is C23H31F2N5O3S. The van der Waals surface area contributed by atoms with Gasteiger partial charge in [0.1, 0.15) is 17.8 Å². The van der Waals surface area contributed by atoms with Crippen molar-refractivity contribution in [1.82, 2.24) is 14.9 Å². The number of ether oxygens (including phenoxy) is 1. The van der Waals surface area contributed by atoms with E-state index in [1.165, 1.54) is 12.1 Å². The van der Waals surface area contributed by atoms with Crippen molar-refractivity contribution in [2.75, 3.05) is 35.7 Å². The highest BCUT2D eigenvalue weighted by molar-refractivity contribution is 7.79. The molecule has 2 atom stereocenters. The van der Waals surface area contributed by atoms with E-state index in [-0.39, 0.29) is 29.8 Å². The van der Waals surface area contributed by atoms with Crippen LogP contribution in [0, 0.1) is 11.6 Å². The van der Waals surface area contributed by atoms with Gasteiger partial charge in [-0.25, -0.2) is 23.0 Å². The normalized spacial score (nSPS) is 20.3. The maximum atomic E-state index is 14.0. The van der Waals surface area contributed by atoms with Crippen molar-refractivity contribution in [2.45, 2.75) is 58.2 Å². The number of aromatic nitrogens is 2. The maximum absolute atomic E-state index is 14.0. The van der Waals surface area contributed by atoms with Crippen molar-refractivity contribution in [3.63, 3.8) is 0 Å². The van der Waals surface area contributed by atoms with Crippen LogP contribution in [0.1, 0.15) is 51.0 Å². The van der Waals surface area contributed by atoms with Gasteiger partial charge in [0.05, 0.1) is 17.4 Å². The molecule has 1 fully saturated rings. The fourth-order valence-electron chi connectivity index (χ4n) is 4.45. The van der Waals surface area contributed by atoms with E-state index in [1.807, 2.05) is 25.7 Å². The minimum atomic E-state index is -1.90. The van der Waals surface area contributed by atoms with E-state index in [1.54, 1.807) is 0 Å². The number of anilines is 2. The summed E-state index contributed by atoms with van der Waals surface area (Å²) in [5.74, 6) is 0.302. The van der Waals surface area contributed by atoms with Crippen LogP contribution in [0.5, 0.6) is 5.75 Å². The van der Waals surface area contributed by atoms with Gasteiger partial charge in [-0.1, -0.05) is 0 Å². The van der Waals surface area contributed by atoms with E-state index in [9.17, 15) is 17.5 Å². The number of benzene rings is 1. The highest BCUT2D eigenvalue weighted by Gasteiger charge is 2.31. The molecule has 2 N–H and O–H groups in total. The number of hydrogen-bond acceptors (Lipinski definition) is 7. The second-order valence-corrected chi connectivity index (χ2v) is 10.00. The molecule has 2 unspecified atom stereocenters. The van der Waals surface area contributed by atoms with Crippen LogP contribution in [0.4, 0.5) is 20.4 Å². The van der Waals surface area contributed by atoms with E-state index in [4.69, 9.17) is 14.7 Å². The lowest BCUT2D eigenvalue weighted by Gasteiger charge is -2.36. The molecular weight excluding hydrogens is 464 g/mol. The SMILES string of the molecule is CC(C)Nc1nc2c(nc1N1CCC(Oc3ccc(F)cc3F)CC1)CCN(CS(=O)O)C2C. The summed E-state index contributed by atoms with van der Waals surface area (Å²) < 4.78 is 53.6. The summed E-state index contributed by atoms with van der Waals surface area (Å²) in [6.45, 7) is 8.03. The Kier molecular flexibility index (Phi) is 7.63. The van der Waals surface area contributed by atoms with Gasteiger partial charge >= 0.3 is 0 Å². The van der Waals surface area contributed by atoms with E-state index in [0.29, 0.717) is 44.7 Å². The Morgan fingerprint density at radius 2 is 1.97 bits per heavy atom. The second-order valence-electron chi connectivity index (χ2n) is 9.09. The summed E-state index contributed by atoms with van der Waals surface area (Å²) in [6, 6.07) is 3.39. The monoisotopic (exact) mass is 495 g/mol. The number of nitrogens with one attached hydrogen (secondary N) is 1. The molecule has 4 rings (SSSR count). The zero-order valence-corrected chi connectivity index (χ0v) is 20.4. The van der Waals surface area contributed by atoms with Crippen molar-refractivity contribution in [3.8, 4) is 5.75 Å². The fraction of sp³-hybridized carbons (Fsp3) is 0.565. The minimum Gasteiger partial charge on any atom is -0.487 e. The van der Waals surface area contributed by atoms with Crippen LogP contribution >= 0.6 is 0 Å². The van der Waals surface area contributed by atoms with Gasteiger partial charge in [-0.15, -0.1) is 0 Å². The van der Waals surface area contributed by atoms with E-state index in [2.05, 4.69) is 10.2 Å². The summed E-state index contributed by atoms with van der Waals surface area (Å²) in [6.07, 6.45) is 1.82. The van der Waals surface area contributed by atoms with Gasteiger partial charge < -0.3 is 19.5 Å². The number of rotatable bonds is 7. The first-order valence-corrected chi connectivity index (χ1v) is 12.8. The molecule has 1 saturated heterocycles. The first-order valence-electron chi connectivity index (χ1n) is 11.6. The molecule has 186 valence electrons. The van der Waals surface area contributed by atoms with Crippen LogP contribution in [0.15, 0.2) is 18.2 Å². The van der Waals surface area contributed by atoms with Gasteiger partial charge in [-0.05, 0) is 32.9 Å². The Labute approximate surface area is 201 Å². The standard InChI is InChI=1S/C23H31F2N5O3S/c1-14(2)26-22-23(27-19-8-11-30(13-34(31)32)15(3)21(19)28-22)29-9-6-17(7-10-29)33-20-5-4-16(24)12-18(20)25/h4-5,12,14-15,17H,6-11,13H2,1-3H3,(H,26,28)(H,31,32). The molecule has 3 heterocycles. The van der Waals surface area contributed by atoms with Crippen molar-refractivity contribution >= 4 is 22.7 Å². The zero-order chi connectivity index (χ0) is 24.4. The van der Waals surface area contributed by atoms with Crippen LogP contribution in [-0.4, -0.2) is 61.3 Å². The average molecular weight is 496 g/mol. The third kappa shape index (κ3) is 5.64. The number of hydrogen-bond donors (Lipinski definition) is 2. The Balaban J connectivity index is 1.51. The Hall–Kier alpha value is -2.37. The van der Waals surface area contributed by atoms with Crippen molar-refractivity contribution < 1.29 is 22.3 Å². The Bertz CT molecular complexity index is 1050. The van der Waals surface area contributed by atoms with Crippen molar-refractivity contribution in [2.24, 2.45) is 0 Å². The molecule has 2 aliphatic rings. The highest BCUT2D eigenvalue weighted by atomic mass is 32.2. The number of piperidine rings is 1. The lowest BCUT2D eigenvalue weighted by atomic mass is 10.0. The molecule has 2 aliphatic heterocycles. The second kappa shape index (κ2) is 10.5. The molecule has 0 bridgehead atoms. The highest BCUT2D eigenvalue weighted by Crippen LogP contribution is 2.34. The molecule has 11 heteroatoms. The third-order valence-corrected chi connectivity index (χ3v) is 6.74. The van der Waals surface area contributed by atoms with E-state index >= 15 is 0 Å². The largest absolute Gasteiger partial charge is 0.487 e. The molecule has 8 nitrogen and oxygen atoms in total. The summed E-state index contributed by atoms with van der Waals surface area (Å²) in [7, 11) is 0. The van der Waals surface area contributed by atoms with E-state index < -0.39 is 22.7 Å². The van der Waals surface area contributed by atoms with Gasteiger partial charge in [-0.2, -0.15) is 0 Å². The first kappa shape index (κ1) is 24.7. The summed E-state index contributed by atoms with van der Waals surface area (Å²) >= 11 is -1.90. The molecule has 0 saturated carbocycles. The van der Waals surface area contributed by atoms with Crippen molar-refractivity contribution in [1.29, 1.82) is 0 Å². The predicted octanol–water partition coefficient (Wildman–Crippen LogP) is 3.72. The lowest BCUT2D eigenvalue weighted by Crippen LogP contribution is -2.41. The summed E-state index contributed by atoms with van der Waals surface area (Å²) in [5, 5.41) is 3.40. The zero-order valence-electron chi connectivity index (χ0n) is 19.6. The fourth-order valence-corrected chi connectivity index (χ4v) is 5.09. The Morgan fingerprint density at radius 1 is 1.24 bits per heavy atom. The van der Waals surface area contributed by atoms with E-state index in [0.717, 1.165) is 23.3 Å². The third-order valence-electron chi connectivity index (χ3n) is 6.19. The van der Waals surface area contributed by atoms with Crippen LogP contribution in [0.3, 0.4) is 0 Å². The Morgan fingerprint density at radius 3 is 2.62 bits per heavy atom. The van der Waals surface area contributed by atoms with Gasteiger partial charge in [0.25, 0.3) is 0 Å². The molecule has 0 spiro atoms. The van der Waals surface area contributed by atoms with Crippen LogP contribution < -0.4 is 15.0 Å². The minimum absolute atomic E-state index is 0.0675. The molecule has 1 aromatic carbocycles. The van der Waals surface area contributed by atoms with Crippen LogP contribution in [0.2, 0.25) is 0 Å². The predicted molar refractivity (Wildman–Crippen MR) is 127 cm³/mol. The van der Waals surface area contributed by atoms with Crippen LogP contribution in [0.25, 0.3) is 0 Å². The van der Waals surface area contributed by atoms with Gasteiger partial charge in [0.2, 0.25) is 0 Å². The topological polar surface area (TPSA) is 90.8 Å².